The van der Waals surface area contributed by atoms with Crippen molar-refractivity contribution in [1.29, 1.82) is 0 Å². The molecular weight excluding hydrogens is 209 g/mol. The lowest BCUT2D eigenvalue weighted by Gasteiger charge is -2.08. The third-order valence-corrected chi connectivity index (χ3v) is 2.08. The average Bonchev–Trinajstić information content (AvgIpc) is 1.62. The molecule has 4 nitrogen and oxygen atoms in total. The molecule has 0 saturated heterocycles. The van der Waals surface area contributed by atoms with Crippen LogP contribution in [0, 0.1) is 0 Å². The second-order valence-electron chi connectivity index (χ2n) is 1.56. The monoisotopic (exact) mass is 219 g/mol. The van der Waals surface area contributed by atoms with E-state index in [2.05, 4.69) is 0 Å². The Labute approximate surface area is 64.4 Å². The molecule has 0 spiro atoms. The lowest BCUT2D eigenvalue weighted by molar-refractivity contribution is 0.357. The van der Waals surface area contributed by atoms with E-state index in [4.69, 9.17) is 15.5 Å². The number of hydrogen-bond acceptors (Lipinski definition) is 2. The number of rotatable bonds is 2. The van der Waals surface area contributed by atoms with Crippen molar-refractivity contribution < 1.29 is 14.4 Å². The molecule has 0 heterocycles. The van der Waals surface area contributed by atoms with Gasteiger partial charge in [-0.2, -0.15) is 0 Å². The summed E-state index contributed by atoms with van der Waals surface area (Å²) < 4.78 is 10.1. The van der Waals surface area contributed by atoms with Crippen LogP contribution in [0.1, 0.15) is 13.3 Å². The predicted molar refractivity (Wildman–Crippen MR) is 40.6 cm³/mol. The van der Waals surface area contributed by atoms with E-state index in [0.717, 1.165) is 0 Å². The van der Waals surface area contributed by atoms with Crippen LogP contribution in [-0.2, 0) is 4.57 Å². The minimum absolute atomic E-state index is 0. The summed E-state index contributed by atoms with van der Waals surface area (Å²) in [7, 11) is -3.98. The molecule has 9 heavy (non-hydrogen) atoms. The zero-order valence-electron chi connectivity index (χ0n) is 5.02. The van der Waals surface area contributed by atoms with E-state index in [1.165, 1.54) is 0 Å². The molecule has 1 atom stereocenters. The van der Waals surface area contributed by atoms with Crippen LogP contribution < -0.4 is 5.73 Å². The van der Waals surface area contributed by atoms with E-state index >= 15 is 0 Å². The van der Waals surface area contributed by atoms with E-state index in [-0.39, 0.29) is 17.0 Å². The molecule has 0 radical (unpaired) electrons. The lowest BCUT2D eigenvalue weighted by atomic mass is 10.5. The third-order valence-electron chi connectivity index (χ3n) is 0.850. The minimum Gasteiger partial charge on any atom is -0.323 e. The Kier molecular flexibility index (Phi) is 6.02. The van der Waals surface area contributed by atoms with Gasteiger partial charge in [0.25, 0.3) is 0 Å². The Balaban J connectivity index is 0. The summed E-state index contributed by atoms with van der Waals surface area (Å²) in [5.74, 6) is -0.984. The number of halogens is 1. The van der Waals surface area contributed by atoms with Gasteiger partial charge in [-0.3, -0.25) is 4.57 Å². The molecule has 6 heteroatoms. The highest BCUT2D eigenvalue weighted by Crippen LogP contribution is 2.39. The fraction of sp³-hybridized carbons (Fsp3) is 1.00. The molecule has 0 aliphatic rings. The Morgan fingerprint density at radius 2 is 2.00 bits per heavy atom. The summed E-state index contributed by atoms with van der Waals surface area (Å²) in [4.78, 5) is 16.5. The zero-order valence-corrected chi connectivity index (χ0v) is 7.63. The molecule has 4 N–H and O–H groups in total. The SMILES string of the molecule is Br.CCC(N)P(=O)(O)O. The highest BCUT2D eigenvalue weighted by atomic mass is 79.9. The van der Waals surface area contributed by atoms with E-state index in [9.17, 15) is 4.57 Å². The molecule has 58 valence electrons. The fourth-order valence-electron chi connectivity index (χ4n) is 0.238. The van der Waals surface area contributed by atoms with Crippen LogP contribution >= 0.6 is 24.6 Å². The average molecular weight is 220 g/mol. The molecule has 0 bridgehead atoms. The topological polar surface area (TPSA) is 83.6 Å². The lowest BCUT2D eigenvalue weighted by Crippen LogP contribution is -2.17. The summed E-state index contributed by atoms with van der Waals surface area (Å²) in [6, 6.07) is 0. The van der Waals surface area contributed by atoms with Crippen LogP contribution in [-0.4, -0.2) is 15.6 Å². The van der Waals surface area contributed by atoms with Crippen molar-refractivity contribution in [3.8, 4) is 0 Å². The highest BCUT2D eigenvalue weighted by molar-refractivity contribution is 8.93. The molecule has 0 amide bonds. The van der Waals surface area contributed by atoms with Crippen molar-refractivity contribution >= 4 is 24.6 Å². The van der Waals surface area contributed by atoms with E-state index in [1.54, 1.807) is 6.92 Å². The van der Waals surface area contributed by atoms with Crippen molar-refractivity contribution in [3.63, 3.8) is 0 Å². The van der Waals surface area contributed by atoms with Crippen molar-refractivity contribution in [2.24, 2.45) is 5.73 Å². The van der Waals surface area contributed by atoms with Crippen LogP contribution in [0.25, 0.3) is 0 Å². The Morgan fingerprint density at radius 1 is 1.67 bits per heavy atom. The van der Waals surface area contributed by atoms with Crippen LogP contribution in [0.3, 0.4) is 0 Å². The summed E-state index contributed by atoms with van der Waals surface area (Å²) in [5.41, 5.74) is 4.99. The van der Waals surface area contributed by atoms with Gasteiger partial charge >= 0.3 is 7.60 Å². The van der Waals surface area contributed by atoms with Crippen LogP contribution in [0.5, 0.6) is 0 Å². The maximum Gasteiger partial charge on any atom is 0.342 e. The highest BCUT2D eigenvalue weighted by Gasteiger charge is 2.21. The van der Waals surface area contributed by atoms with Crippen molar-refractivity contribution in [1.82, 2.24) is 0 Å². The van der Waals surface area contributed by atoms with Crippen LogP contribution in [0.15, 0.2) is 0 Å². The van der Waals surface area contributed by atoms with Crippen molar-refractivity contribution in [3.05, 3.63) is 0 Å². The molecule has 0 aliphatic heterocycles. The first-order chi connectivity index (χ1) is 3.48. The molecule has 1 unspecified atom stereocenters. The molecule has 0 aromatic rings. The number of hydrogen-bond donors (Lipinski definition) is 3. The van der Waals surface area contributed by atoms with Gasteiger partial charge in [-0.05, 0) is 6.42 Å². The van der Waals surface area contributed by atoms with Crippen molar-refractivity contribution in [2.75, 3.05) is 0 Å². The smallest absolute Gasteiger partial charge is 0.323 e. The maximum absolute atomic E-state index is 10.1. The van der Waals surface area contributed by atoms with E-state index in [0.29, 0.717) is 6.42 Å². The quantitative estimate of drug-likeness (QED) is 0.589. The van der Waals surface area contributed by atoms with Crippen LogP contribution in [0.2, 0.25) is 0 Å². The van der Waals surface area contributed by atoms with Gasteiger partial charge in [-0.1, -0.05) is 6.92 Å². The van der Waals surface area contributed by atoms with Crippen LogP contribution in [0.4, 0.5) is 0 Å². The minimum atomic E-state index is -3.98. The van der Waals surface area contributed by atoms with Gasteiger partial charge in [-0.25, -0.2) is 0 Å². The fourth-order valence-corrected chi connectivity index (χ4v) is 0.714. The Morgan fingerprint density at radius 3 is 2.00 bits per heavy atom. The zero-order chi connectivity index (χ0) is 6.78. The normalized spacial score (nSPS) is 14.2. The summed E-state index contributed by atoms with van der Waals surface area (Å²) in [6.07, 6.45) is 0.310. The second-order valence-corrected chi connectivity index (χ2v) is 3.41. The standard InChI is InChI=1S/C3H10NO3P.BrH/c1-2-3(4)8(5,6)7;/h3H,2,4H2,1H3,(H2,5,6,7);1H. The summed E-state index contributed by atoms with van der Waals surface area (Å²) in [6.45, 7) is 1.63. The first-order valence-corrected chi connectivity index (χ1v) is 3.97. The van der Waals surface area contributed by atoms with E-state index < -0.39 is 13.4 Å². The second kappa shape index (κ2) is 4.41. The first kappa shape index (κ1) is 12.3. The van der Waals surface area contributed by atoms with Gasteiger partial charge in [0.1, 0.15) is 5.78 Å². The number of nitrogens with two attached hydrogens (primary N) is 1. The summed E-state index contributed by atoms with van der Waals surface area (Å²) >= 11 is 0. The molecule has 0 fully saturated rings. The van der Waals surface area contributed by atoms with E-state index in [1.807, 2.05) is 0 Å². The predicted octanol–water partition coefficient (Wildman–Crippen LogP) is 0.437. The molecule has 0 aromatic heterocycles. The Bertz CT molecular complexity index is 114. The van der Waals surface area contributed by atoms with Gasteiger partial charge in [0.15, 0.2) is 0 Å². The van der Waals surface area contributed by atoms with Gasteiger partial charge < -0.3 is 15.5 Å². The molecule has 0 aliphatic carbocycles. The van der Waals surface area contributed by atoms with Gasteiger partial charge in [0.2, 0.25) is 0 Å². The molecule has 0 saturated carbocycles. The van der Waals surface area contributed by atoms with Gasteiger partial charge in [0, 0.05) is 0 Å². The van der Waals surface area contributed by atoms with Gasteiger partial charge in [-0.15, -0.1) is 17.0 Å². The maximum atomic E-state index is 10.1. The van der Waals surface area contributed by atoms with Crippen molar-refractivity contribution in [2.45, 2.75) is 19.1 Å². The van der Waals surface area contributed by atoms with Gasteiger partial charge in [0.05, 0.1) is 0 Å². The largest absolute Gasteiger partial charge is 0.342 e. The Hall–Kier alpha value is 0.590. The molecular formula is C3H11BrNO3P. The molecule has 0 rings (SSSR count). The summed E-state index contributed by atoms with van der Waals surface area (Å²) in [5, 5.41) is 0. The first-order valence-electron chi connectivity index (χ1n) is 2.29. The molecule has 0 aromatic carbocycles. The third kappa shape index (κ3) is 5.06.